The molecular formula is C14H7F7O2. The predicted octanol–water partition coefficient (Wildman–Crippen LogP) is 5.06. The average molecular weight is 340 g/mol. The quantitative estimate of drug-likeness (QED) is 0.574. The predicted molar refractivity (Wildman–Crippen MR) is 64.3 cm³/mol. The first-order valence-electron chi connectivity index (χ1n) is 5.91. The van der Waals surface area contributed by atoms with Crippen LogP contribution < -0.4 is 9.47 Å². The van der Waals surface area contributed by atoms with Crippen molar-refractivity contribution in [2.45, 2.75) is 6.18 Å². The number of hydrogen-bond donors (Lipinski definition) is 0. The van der Waals surface area contributed by atoms with E-state index in [0.29, 0.717) is 5.75 Å². The summed E-state index contributed by atoms with van der Waals surface area (Å²) < 4.78 is 101. The van der Waals surface area contributed by atoms with E-state index in [9.17, 15) is 30.7 Å². The zero-order chi connectivity index (χ0) is 17.4. The summed E-state index contributed by atoms with van der Waals surface area (Å²) in [6.07, 6.45) is -5.60. The van der Waals surface area contributed by atoms with Crippen LogP contribution in [0.1, 0.15) is 5.56 Å². The molecule has 0 aromatic heterocycles. The summed E-state index contributed by atoms with van der Waals surface area (Å²) in [5.74, 6) is -11.3. The van der Waals surface area contributed by atoms with E-state index < -0.39 is 40.8 Å². The molecule has 124 valence electrons. The lowest BCUT2D eigenvalue weighted by molar-refractivity contribution is -0.143. The molecule has 2 rings (SSSR count). The molecule has 9 heteroatoms. The molecule has 0 bridgehead atoms. The van der Waals surface area contributed by atoms with E-state index >= 15 is 0 Å². The molecule has 0 heterocycles. The lowest BCUT2D eigenvalue weighted by atomic mass is 10.1. The molecule has 2 nitrogen and oxygen atoms in total. The molecule has 0 fully saturated rings. The molecule has 0 unspecified atom stereocenters. The largest absolute Gasteiger partial charge is 0.497 e. The van der Waals surface area contributed by atoms with Crippen LogP contribution in [-0.4, -0.2) is 7.11 Å². The number of benzene rings is 2. The van der Waals surface area contributed by atoms with E-state index in [-0.39, 0.29) is 5.75 Å². The standard InChI is InChI=1S/C14H7F7O2/c1-22-6-2-4-7(5-3-6)23-13-11(17)9(15)8(14(19,20)21)10(16)12(13)18/h2-5H,1H3. The van der Waals surface area contributed by atoms with Crippen molar-refractivity contribution in [1.82, 2.24) is 0 Å². The van der Waals surface area contributed by atoms with Crippen molar-refractivity contribution in [3.8, 4) is 17.2 Å². The molecular weight excluding hydrogens is 333 g/mol. The number of hydrogen-bond acceptors (Lipinski definition) is 2. The molecule has 0 saturated heterocycles. The van der Waals surface area contributed by atoms with Gasteiger partial charge in [-0.1, -0.05) is 0 Å². The van der Waals surface area contributed by atoms with Crippen molar-refractivity contribution in [2.75, 3.05) is 7.11 Å². The second kappa shape index (κ2) is 5.98. The lowest BCUT2D eigenvalue weighted by Crippen LogP contribution is -2.15. The molecule has 0 aliphatic carbocycles. The van der Waals surface area contributed by atoms with E-state index in [1.165, 1.54) is 19.2 Å². The highest BCUT2D eigenvalue weighted by Crippen LogP contribution is 2.40. The Morgan fingerprint density at radius 1 is 0.739 bits per heavy atom. The van der Waals surface area contributed by atoms with Gasteiger partial charge in [0.2, 0.25) is 17.4 Å². The Morgan fingerprint density at radius 3 is 1.57 bits per heavy atom. The van der Waals surface area contributed by atoms with E-state index in [1.807, 2.05) is 0 Å². The topological polar surface area (TPSA) is 18.5 Å². The Bertz CT molecular complexity index is 694. The fourth-order valence-electron chi connectivity index (χ4n) is 1.71. The SMILES string of the molecule is COc1ccc(Oc2c(F)c(F)c(C(F)(F)F)c(F)c2F)cc1. The zero-order valence-corrected chi connectivity index (χ0v) is 11.3. The van der Waals surface area contributed by atoms with Crippen LogP contribution in [0.3, 0.4) is 0 Å². The smallest absolute Gasteiger partial charge is 0.422 e. The molecule has 23 heavy (non-hydrogen) atoms. The van der Waals surface area contributed by atoms with Crippen LogP contribution >= 0.6 is 0 Å². The molecule has 0 spiro atoms. The van der Waals surface area contributed by atoms with Gasteiger partial charge in [0, 0.05) is 0 Å². The van der Waals surface area contributed by atoms with Gasteiger partial charge in [0.05, 0.1) is 7.11 Å². The highest BCUT2D eigenvalue weighted by molar-refractivity contribution is 5.40. The average Bonchev–Trinajstić information content (AvgIpc) is 2.49. The Labute approximate surface area is 125 Å². The summed E-state index contributed by atoms with van der Waals surface area (Å²) in [6, 6.07) is 4.90. The van der Waals surface area contributed by atoms with Crippen LogP contribution in [0.5, 0.6) is 17.2 Å². The molecule has 0 saturated carbocycles. The van der Waals surface area contributed by atoms with Gasteiger partial charge < -0.3 is 9.47 Å². The molecule has 0 radical (unpaired) electrons. The Morgan fingerprint density at radius 2 is 1.17 bits per heavy atom. The summed E-state index contributed by atoms with van der Waals surface area (Å²) in [6.45, 7) is 0. The third-order valence-corrected chi connectivity index (χ3v) is 2.79. The van der Waals surface area contributed by atoms with Gasteiger partial charge in [0.25, 0.3) is 0 Å². The maximum atomic E-state index is 13.6. The van der Waals surface area contributed by atoms with E-state index in [0.717, 1.165) is 12.1 Å². The number of halogens is 7. The normalized spacial score (nSPS) is 11.5. The van der Waals surface area contributed by atoms with Crippen LogP contribution in [0.15, 0.2) is 24.3 Å². The fourth-order valence-corrected chi connectivity index (χ4v) is 1.71. The second-order valence-corrected chi connectivity index (χ2v) is 4.24. The fraction of sp³-hybridized carbons (Fsp3) is 0.143. The van der Waals surface area contributed by atoms with E-state index in [2.05, 4.69) is 4.74 Å². The van der Waals surface area contributed by atoms with Crippen LogP contribution in [-0.2, 0) is 6.18 Å². The first-order chi connectivity index (χ1) is 10.7. The van der Waals surface area contributed by atoms with Crippen LogP contribution in [0.4, 0.5) is 30.7 Å². The van der Waals surface area contributed by atoms with Gasteiger partial charge in [-0.05, 0) is 24.3 Å². The van der Waals surface area contributed by atoms with Gasteiger partial charge in [-0.25, -0.2) is 8.78 Å². The molecule has 2 aromatic carbocycles. The molecule has 0 atom stereocenters. The number of alkyl halides is 3. The first kappa shape index (κ1) is 16.9. The summed E-state index contributed by atoms with van der Waals surface area (Å²) in [5, 5.41) is 0. The van der Waals surface area contributed by atoms with E-state index in [4.69, 9.17) is 4.74 Å². The minimum absolute atomic E-state index is 0.262. The Balaban J connectivity index is 2.51. The Hall–Kier alpha value is -2.45. The zero-order valence-electron chi connectivity index (χ0n) is 11.3. The summed E-state index contributed by atoms with van der Waals surface area (Å²) in [5.41, 5.74) is -2.66. The van der Waals surface area contributed by atoms with Crippen molar-refractivity contribution in [2.24, 2.45) is 0 Å². The van der Waals surface area contributed by atoms with Crippen molar-refractivity contribution >= 4 is 0 Å². The molecule has 0 amide bonds. The van der Waals surface area contributed by atoms with Gasteiger partial charge in [-0.3, -0.25) is 0 Å². The number of ether oxygens (including phenoxy) is 2. The molecule has 0 N–H and O–H groups in total. The molecule has 2 aromatic rings. The van der Waals surface area contributed by atoms with Gasteiger partial charge in [-0.15, -0.1) is 0 Å². The third kappa shape index (κ3) is 3.17. The van der Waals surface area contributed by atoms with Gasteiger partial charge in [0.15, 0.2) is 11.6 Å². The van der Waals surface area contributed by atoms with Crippen LogP contribution in [0.2, 0.25) is 0 Å². The van der Waals surface area contributed by atoms with E-state index in [1.54, 1.807) is 0 Å². The lowest BCUT2D eigenvalue weighted by Gasteiger charge is -2.14. The Kier molecular flexibility index (Phi) is 4.39. The number of rotatable bonds is 3. The van der Waals surface area contributed by atoms with Crippen molar-refractivity contribution in [3.05, 3.63) is 53.1 Å². The molecule has 0 aliphatic rings. The maximum Gasteiger partial charge on any atom is 0.422 e. The van der Waals surface area contributed by atoms with Gasteiger partial charge >= 0.3 is 6.18 Å². The number of methoxy groups -OCH3 is 1. The monoisotopic (exact) mass is 340 g/mol. The molecule has 0 aliphatic heterocycles. The third-order valence-electron chi connectivity index (χ3n) is 2.79. The summed E-state index contributed by atoms with van der Waals surface area (Å²) in [7, 11) is 1.34. The summed E-state index contributed by atoms with van der Waals surface area (Å²) >= 11 is 0. The maximum absolute atomic E-state index is 13.6. The van der Waals surface area contributed by atoms with Crippen molar-refractivity contribution in [1.29, 1.82) is 0 Å². The minimum Gasteiger partial charge on any atom is -0.497 e. The highest BCUT2D eigenvalue weighted by atomic mass is 19.4. The van der Waals surface area contributed by atoms with Gasteiger partial charge in [-0.2, -0.15) is 22.0 Å². The highest BCUT2D eigenvalue weighted by Gasteiger charge is 2.42. The summed E-state index contributed by atoms with van der Waals surface area (Å²) in [4.78, 5) is 0. The van der Waals surface area contributed by atoms with Crippen molar-refractivity contribution < 1.29 is 40.2 Å². The van der Waals surface area contributed by atoms with Gasteiger partial charge in [0.1, 0.15) is 17.1 Å². The second-order valence-electron chi connectivity index (χ2n) is 4.24. The minimum atomic E-state index is -5.60. The van der Waals surface area contributed by atoms with Crippen molar-refractivity contribution in [3.63, 3.8) is 0 Å². The van der Waals surface area contributed by atoms with Crippen LogP contribution in [0, 0.1) is 23.3 Å². The first-order valence-corrected chi connectivity index (χ1v) is 5.91. The van der Waals surface area contributed by atoms with Crippen LogP contribution in [0.25, 0.3) is 0 Å².